The molecule has 0 bridgehead atoms. The van der Waals surface area contributed by atoms with Crippen LogP contribution in [-0.2, 0) is 4.79 Å². The van der Waals surface area contributed by atoms with Gasteiger partial charge in [0.1, 0.15) is 6.04 Å². The minimum atomic E-state index is -0.968. The Bertz CT molecular complexity index is 604. The molecule has 2 rings (SSSR count). The molecule has 7 heteroatoms. The number of methoxy groups -OCH3 is 1. The van der Waals surface area contributed by atoms with E-state index in [-0.39, 0.29) is 5.91 Å². The molecule has 1 aliphatic rings. The Hall–Kier alpha value is -1.76. The molecule has 0 aliphatic carbocycles. The Morgan fingerprint density at radius 2 is 2.17 bits per heavy atom. The van der Waals surface area contributed by atoms with Gasteiger partial charge in [-0.2, -0.15) is 0 Å². The van der Waals surface area contributed by atoms with E-state index < -0.39 is 12.0 Å². The van der Waals surface area contributed by atoms with Gasteiger partial charge >= 0.3 is 5.97 Å². The maximum absolute atomic E-state index is 12.7. The van der Waals surface area contributed by atoms with Crippen LogP contribution in [0.5, 0.6) is 11.5 Å². The highest BCUT2D eigenvalue weighted by Crippen LogP contribution is 2.37. The highest BCUT2D eigenvalue weighted by molar-refractivity contribution is 9.10. The lowest BCUT2D eigenvalue weighted by molar-refractivity contribution is -0.141. The van der Waals surface area contributed by atoms with Crippen molar-refractivity contribution in [3.63, 3.8) is 0 Å². The van der Waals surface area contributed by atoms with Crippen LogP contribution in [0.4, 0.5) is 0 Å². The van der Waals surface area contributed by atoms with Crippen LogP contribution < -0.4 is 9.47 Å². The van der Waals surface area contributed by atoms with Crippen LogP contribution in [0.2, 0.25) is 0 Å². The number of nitrogens with zero attached hydrogens (tertiary/aromatic N) is 1. The first-order valence-electron chi connectivity index (χ1n) is 7.53. The number of ether oxygens (including phenoxy) is 2. The zero-order valence-electron chi connectivity index (χ0n) is 13.2. The number of hydrogen-bond acceptors (Lipinski definition) is 4. The topological polar surface area (TPSA) is 76.1 Å². The molecule has 0 radical (unpaired) electrons. The number of carbonyl (C=O) groups excluding carboxylic acids is 1. The van der Waals surface area contributed by atoms with Gasteiger partial charge in [-0.1, -0.05) is 6.92 Å². The molecule has 0 aromatic heterocycles. The number of benzene rings is 1. The molecule has 0 spiro atoms. The number of hydrogen-bond donors (Lipinski definition) is 1. The normalized spacial score (nSPS) is 17.2. The molecule has 126 valence electrons. The number of halogens is 1. The summed E-state index contributed by atoms with van der Waals surface area (Å²) in [5.74, 6) is -0.287. The summed E-state index contributed by atoms with van der Waals surface area (Å²) >= 11 is 3.40. The van der Waals surface area contributed by atoms with E-state index >= 15 is 0 Å². The smallest absolute Gasteiger partial charge is 0.326 e. The molecule has 1 heterocycles. The summed E-state index contributed by atoms with van der Waals surface area (Å²) in [6.07, 6.45) is 2.03. The number of rotatable bonds is 6. The zero-order valence-corrected chi connectivity index (χ0v) is 14.8. The monoisotopic (exact) mass is 385 g/mol. The summed E-state index contributed by atoms with van der Waals surface area (Å²) in [5.41, 5.74) is 0.380. The summed E-state index contributed by atoms with van der Waals surface area (Å²) in [6, 6.07) is 2.48. The van der Waals surface area contributed by atoms with Crippen LogP contribution in [0.1, 0.15) is 36.5 Å². The summed E-state index contributed by atoms with van der Waals surface area (Å²) < 4.78 is 11.6. The fourth-order valence-electron chi connectivity index (χ4n) is 2.62. The van der Waals surface area contributed by atoms with Crippen molar-refractivity contribution >= 4 is 27.8 Å². The molecule has 6 nitrogen and oxygen atoms in total. The second kappa shape index (κ2) is 7.68. The van der Waals surface area contributed by atoms with Gasteiger partial charge in [0.15, 0.2) is 11.5 Å². The van der Waals surface area contributed by atoms with E-state index in [0.29, 0.717) is 47.5 Å². The van der Waals surface area contributed by atoms with Gasteiger partial charge in [0, 0.05) is 12.1 Å². The molecule has 1 atom stereocenters. The van der Waals surface area contributed by atoms with Gasteiger partial charge < -0.3 is 19.5 Å². The second-order valence-corrected chi connectivity index (χ2v) is 6.19. The molecular formula is C16H20BrNO5. The standard InChI is InChI=1S/C16H20BrNO5/c1-3-7-23-14-11(17)8-10(9-13(14)22-2)15(19)18-6-4-5-12(18)16(20)21/h8-9,12H,3-7H2,1-2H3,(H,20,21)/t12-/m1/s1. The maximum atomic E-state index is 12.7. The van der Waals surface area contributed by atoms with Gasteiger partial charge in [-0.25, -0.2) is 4.79 Å². The Balaban J connectivity index is 2.30. The summed E-state index contributed by atoms with van der Waals surface area (Å²) in [7, 11) is 1.50. The van der Waals surface area contributed by atoms with Crippen molar-refractivity contribution in [3.8, 4) is 11.5 Å². The van der Waals surface area contributed by atoms with Gasteiger partial charge in [-0.3, -0.25) is 4.79 Å². The van der Waals surface area contributed by atoms with Crippen molar-refractivity contribution < 1.29 is 24.2 Å². The largest absolute Gasteiger partial charge is 0.493 e. The second-order valence-electron chi connectivity index (χ2n) is 5.33. The van der Waals surface area contributed by atoms with E-state index in [9.17, 15) is 14.7 Å². The van der Waals surface area contributed by atoms with Crippen molar-refractivity contribution in [2.75, 3.05) is 20.3 Å². The fraction of sp³-hybridized carbons (Fsp3) is 0.500. The van der Waals surface area contributed by atoms with Crippen LogP contribution in [0.3, 0.4) is 0 Å². The van der Waals surface area contributed by atoms with E-state index in [2.05, 4.69) is 15.9 Å². The van der Waals surface area contributed by atoms with E-state index in [1.165, 1.54) is 12.0 Å². The van der Waals surface area contributed by atoms with Crippen LogP contribution in [-0.4, -0.2) is 48.2 Å². The van der Waals surface area contributed by atoms with Crippen LogP contribution in [0.15, 0.2) is 16.6 Å². The molecule has 1 aromatic rings. The number of carbonyl (C=O) groups is 2. The molecule has 0 unspecified atom stereocenters. The first kappa shape index (κ1) is 17.6. The Morgan fingerprint density at radius 1 is 1.43 bits per heavy atom. The van der Waals surface area contributed by atoms with Crippen molar-refractivity contribution in [2.24, 2.45) is 0 Å². The van der Waals surface area contributed by atoms with Crippen molar-refractivity contribution in [2.45, 2.75) is 32.2 Å². The van der Waals surface area contributed by atoms with E-state index in [1.54, 1.807) is 12.1 Å². The van der Waals surface area contributed by atoms with E-state index in [1.807, 2.05) is 6.92 Å². The molecule has 1 N–H and O–H groups in total. The molecule has 1 aromatic carbocycles. The third kappa shape index (κ3) is 3.77. The first-order valence-corrected chi connectivity index (χ1v) is 8.33. The average Bonchev–Trinajstić information content (AvgIpc) is 3.02. The molecule has 1 amide bonds. The fourth-order valence-corrected chi connectivity index (χ4v) is 3.18. The number of amides is 1. The number of likely N-dealkylation sites (tertiary alicyclic amines) is 1. The zero-order chi connectivity index (χ0) is 17.0. The SMILES string of the molecule is CCCOc1c(Br)cc(C(=O)N2CCC[C@@H]2C(=O)O)cc1OC. The lowest BCUT2D eigenvalue weighted by atomic mass is 10.1. The quantitative estimate of drug-likeness (QED) is 0.814. The van der Waals surface area contributed by atoms with Crippen LogP contribution in [0.25, 0.3) is 0 Å². The molecule has 1 aliphatic heterocycles. The van der Waals surface area contributed by atoms with Crippen LogP contribution in [0, 0.1) is 0 Å². The van der Waals surface area contributed by atoms with Gasteiger partial charge in [0.25, 0.3) is 5.91 Å². The molecule has 1 fully saturated rings. The van der Waals surface area contributed by atoms with Crippen molar-refractivity contribution in [1.82, 2.24) is 4.90 Å². The first-order chi connectivity index (χ1) is 11.0. The highest BCUT2D eigenvalue weighted by Gasteiger charge is 2.34. The average molecular weight is 386 g/mol. The summed E-state index contributed by atoms with van der Waals surface area (Å²) in [5, 5.41) is 9.23. The lowest BCUT2D eigenvalue weighted by Crippen LogP contribution is -2.40. The predicted molar refractivity (Wildman–Crippen MR) is 88.2 cm³/mol. The van der Waals surface area contributed by atoms with Crippen LogP contribution >= 0.6 is 15.9 Å². The number of carboxylic acid groups (broad SMARTS) is 1. The predicted octanol–water partition coefficient (Wildman–Crippen LogP) is 2.94. The number of aliphatic carboxylic acids is 1. The van der Waals surface area contributed by atoms with E-state index in [0.717, 1.165) is 6.42 Å². The lowest BCUT2D eigenvalue weighted by Gasteiger charge is -2.22. The van der Waals surface area contributed by atoms with Gasteiger partial charge in [0.05, 0.1) is 18.2 Å². The van der Waals surface area contributed by atoms with Gasteiger partial charge in [-0.15, -0.1) is 0 Å². The molecule has 0 saturated carbocycles. The Kier molecular flexibility index (Phi) is 5.87. The highest BCUT2D eigenvalue weighted by atomic mass is 79.9. The Labute approximate surface area is 143 Å². The van der Waals surface area contributed by atoms with Crippen molar-refractivity contribution in [3.05, 3.63) is 22.2 Å². The summed E-state index contributed by atoms with van der Waals surface area (Å²) in [4.78, 5) is 25.3. The summed E-state index contributed by atoms with van der Waals surface area (Å²) in [6.45, 7) is 2.98. The third-order valence-electron chi connectivity index (χ3n) is 3.73. The van der Waals surface area contributed by atoms with Gasteiger partial charge in [0.2, 0.25) is 0 Å². The molecule has 23 heavy (non-hydrogen) atoms. The maximum Gasteiger partial charge on any atom is 0.326 e. The third-order valence-corrected chi connectivity index (χ3v) is 4.31. The minimum Gasteiger partial charge on any atom is -0.493 e. The van der Waals surface area contributed by atoms with E-state index in [4.69, 9.17) is 9.47 Å². The van der Waals surface area contributed by atoms with Crippen molar-refractivity contribution in [1.29, 1.82) is 0 Å². The molecular weight excluding hydrogens is 366 g/mol. The molecule has 1 saturated heterocycles. The van der Waals surface area contributed by atoms with Gasteiger partial charge in [-0.05, 0) is 47.3 Å². The number of carboxylic acids is 1. The minimum absolute atomic E-state index is 0.309. The Morgan fingerprint density at radius 3 is 2.78 bits per heavy atom.